The molecule has 0 aliphatic rings. The number of unbranched alkanes of at least 4 members (excludes halogenated alkanes) is 2. The maximum Gasteiger partial charge on any atom is 0.154 e. The van der Waals surface area contributed by atoms with E-state index in [1.165, 1.54) is 50.9 Å². The summed E-state index contributed by atoms with van der Waals surface area (Å²) < 4.78 is 22.5. The van der Waals surface area contributed by atoms with Crippen molar-refractivity contribution in [1.29, 1.82) is 0 Å². The summed E-state index contributed by atoms with van der Waals surface area (Å²) in [7, 11) is 2.18. The van der Waals surface area contributed by atoms with Gasteiger partial charge in [0, 0.05) is 45.5 Å². The lowest BCUT2D eigenvalue weighted by molar-refractivity contribution is -0.123. The highest BCUT2D eigenvalue weighted by Crippen LogP contribution is 2.08. The Balaban J connectivity index is 3.49. The largest absolute Gasteiger partial charge is 0.353 e. The second-order valence-corrected chi connectivity index (χ2v) is 11.4. The predicted octanol–water partition coefficient (Wildman–Crippen LogP) is 3.29. The third kappa shape index (κ3) is 18.3. The number of ether oxygens (including phenoxy) is 4. The van der Waals surface area contributed by atoms with E-state index in [4.69, 9.17) is 18.9 Å². The fourth-order valence-electron chi connectivity index (χ4n) is 3.38. The van der Waals surface area contributed by atoms with Gasteiger partial charge in [-0.2, -0.15) is 0 Å². The molecule has 0 aromatic carbocycles. The molecular weight excluding hydrogens is 386 g/mol. The zero-order chi connectivity index (χ0) is 20.9. The molecule has 0 fully saturated rings. The van der Waals surface area contributed by atoms with Crippen LogP contribution in [0, 0.1) is 0 Å². The first-order valence-corrected chi connectivity index (χ1v) is 15.8. The maximum absolute atomic E-state index is 5.63. The third-order valence-electron chi connectivity index (χ3n) is 4.87. The molecule has 0 bridgehead atoms. The van der Waals surface area contributed by atoms with Gasteiger partial charge in [0.2, 0.25) is 0 Å². The molecule has 7 heteroatoms. The van der Waals surface area contributed by atoms with Gasteiger partial charge in [0.25, 0.3) is 0 Å². The lowest BCUT2D eigenvalue weighted by atomic mass is 10.3. The number of hydrogen-bond acceptors (Lipinski definition) is 5. The van der Waals surface area contributed by atoms with Crippen molar-refractivity contribution in [1.82, 2.24) is 4.90 Å². The highest BCUT2D eigenvalue weighted by Gasteiger charge is 2.08. The molecule has 0 N–H and O–H groups in total. The highest BCUT2D eigenvalue weighted by molar-refractivity contribution is 6.35. The third-order valence-corrected chi connectivity index (χ3v) is 8.63. The minimum atomic E-state index is -0.0465. The normalized spacial score (nSPS) is 12.9. The van der Waals surface area contributed by atoms with Crippen LogP contribution in [0.25, 0.3) is 0 Å². The van der Waals surface area contributed by atoms with Crippen molar-refractivity contribution in [2.24, 2.45) is 0 Å². The molecule has 0 unspecified atom stereocenters. The molecule has 0 atom stereocenters. The average molecular weight is 436 g/mol. The SMILES string of the molecule is CCOC(C[SiH2]CCCCN(C)CCCC[SiH2]CC(OCC)OCC)OCC. The summed E-state index contributed by atoms with van der Waals surface area (Å²) in [5.74, 6) is 0. The Morgan fingerprint density at radius 1 is 0.607 bits per heavy atom. The zero-order valence-electron chi connectivity index (χ0n) is 19.5. The highest BCUT2D eigenvalue weighted by atomic mass is 28.2. The van der Waals surface area contributed by atoms with Gasteiger partial charge in [-0.3, -0.25) is 0 Å². The minimum Gasteiger partial charge on any atom is -0.353 e. The summed E-state index contributed by atoms with van der Waals surface area (Å²) in [4.78, 5) is 2.51. The van der Waals surface area contributed by atoms with E-state index in [0.29, 0.717) is 0 Å². The molecule has 0 aromatic rings. The van der Waals surface area contributed by atoms with E-state index in [-0.39, 0.29) is 31.6 Å². The summed E-state index contributed by atoms with van der Waals surface area (Å²) in [5.41, 5.74) is 0. The molecule has 0 saturated heterocycles. The second-order valence-electron chi connectivity index (χ2n) is 7.39. The van der Waals surface area contributed by atoms with Crippen molar-refractivity contribution in [3.63, 3.8) is 0 Å². The van der Waals surface area contributed by atoms with Gasteiger partial charge < -0.3 is 23.8 Å². The van der Waals surface area contributed by atoms with Crippen LogP contribution in [0.3, 0.4) is 0 Å². The summed E-state index contributed by atoms with van der Waals surface area (Å²) >= 11 is 0. The van der Waals surface area contributed by atoms with Crippen molar-refractivity contribution >= 4 is 19.0 Å². The standard InChI is InChI=1S/C21H49NO4Si2/c1-6-23-20(24-7-2)18-27-16-12-10-14-22(5)15-11-13-17-28-19-21(25-8-3)26-9-4/h20-21H,6-19,27-28H2,1-5H3. The van der Waals surface area contributed by atoms with Crippen LogP contribution in [0.1, 0.15) is 53.4 Å². The molecule has 170 valence electrons. The Kier molecular flexibility index (Phi) is 22.1. The van der Waals surface area contributed by atoms with Crippen molar-refractivity contribution in [2.45, 2.75) is 90.1 Å². The van der Waals surface area contributed by atoms with E-state index in [9.17, 15) is 0 Å². The van der Waals surface area contributed by atoms with Gasteiger partial charge in [-0.25, -0.2) is 0 Å². The smallest absolute Gasteiger partial charge is 0.154 e. The summed E-state index contributed by atoms with van der Waals surface area (Å²) in [5, 5.41) is 0. The Morgan fingerprint density at radius 3 is 1.29 bits per heavy atom. The summed E-state index contributed by atoms with van der Waals surface area (Å²) in [6.07, 6.45) is 5.51. The molecule has 0 spiro atoms. The van der Waals surface area contributed by atoms with Crippen molar-refractivity contribution in [2.75, 3.05) is 46.6 Å². The minimum absolute atomic E-state index is 0.0465. The van der Waals surface area contributed by atoms with Crippen LogP contribution in [-0.2, 0) is 18.9 Å². The first-order valence-electron chi connectivity index (χ1n) is 11.8. The van der Waals surface area contributed by atoms with E-state index >= 15 is 0 Å². The second kappa shape index (κ2) is 21.9. The molecule has 28 heavy (non-hydrogen) atoms. The molecule has 0 saturated carbocycles. The average Bonchev–Trinajstić information content (AvgIpc) is 2.67. The van der Waals surface area contributed by atoms with E-state index in [0.717, 1.165) is 38.5 Å². The summed E-state index contributed by atoms with van der Waals surface area (Å²) in [6, 6.07) is 5.15. The van der Waals surface area contributed by atoms with Gasteiger partial charge in [0.05, 0.1) is 0 Å². The van der Waals surface area contributed by atoms with Gasteiger partial charge in [0.1, 0.15) is 0 Å². The van der Waals surface area contributed by atoms with Crippen molar-refractivity contribution in [3.05, 3.63) is 0 Å². The van der Waals surface area contributed by atoms with Gasteiger partial charge in [-0.1, -0.05) is 24.9 Å². The van der Waals surface area contributed by atoms with Crippen LogP contribution >= 0.6 is 0 Å². The quantitative estimate of drug-likeness (QED) is 0.148. The molecular formula is C21H49NO4Si2. The number of nitrogens with zero attached hydrogens (tertiary/aromatic N) is 1. The Morgan fingerprint density at radius 2 is 0.964 bits per heavy atom. The molecule has 5 nitrogen and oxygen atoms in total. The number of rotatable bonds is 22. The van der Waals surface area contributed by atoms with Crippen LogP contribution in [-0.4, -0.2) is 83.1 Å². The van der Waals surface area contributed by atoms with E-state index in [1.807, 2.05) is 27.7 Å². The van der Waals surface area contributed by atoms with Crippen molar-refractivity contribution < 1.29 is 18.9 Å². The van der Waals surface area contributed by atoms with Gasteiger partial charge in [0.15, 0.2) is 12.6 Å². The monoisotopic (exact) mass is 435 g/mol. The molecule has 0 aromatic heterocycles. The molecule has 0 heterocycles. The maximum atomic E-state index is 5.63. The fourth-order valence-corrected chi connectivity index (χ4v) is 6.70. The Labute approximate surface area is 179 Å². The Bertz CT molecular complexity index is 274. The predicted molar refractivity (Wildman–Crippen MR) is 126 cm³/mol. The lowest BCUT2D eigenvalue weighted by Crippen LogP contribution is -2.22. The first-order chi connectivity index (χ1) is 13.7. The zero-order valence-corrected chi connectivity index (χ0v) is 22.4. The molecule has 0 aliphatic carbocycles. The van der Waals surface area contributed by atoms with Crippen LogP contribution < -0.4 is 0 Å². The van der Waals surface area contributed by atoms with Gasteiger partial charge in [-0.15, -0.1) is 0 Å². The van der Waals surface area contributed by atoms with E-state index < -0.39 is 0 Å². The van der Waals surface area contributed by atoms with Crippen LogP contribution in [0.4, 0.5) is 0 Å². The molecule has 0 rings (SSSR count). The number of hydrogen-bond donors (Lipinski definition) is 0. The molecule has 0 radical (unpaired) electrons. The van der Waals surface area contributed by atoms with Crippen LogP contribution in [0.15, 0.2) is 0 Å². The van der Waals surface area contributed by atoms with Gasteiger partial charge >= 0.3 is 0 Å². The Hall–Kier alpha value is 0.234. The molecule has 0 amide bonds. The molecule has 0 aliphatic heterocycles. The summed E-state index contributed by atoms with van der Waals surface area (Å²) in [6.45, 7) is 13.7. The van der Waals surface area contributed by atoms with Crippen LogP contribution in [0.2, 0.25) is 24.2 Å². The van der Waals surface area contributed by atoms with Gasteiger partial charge in [-0.05, 0) is 72.8 Å². The van der Waals surface area contributed by atoms with Crippen LogP contribution in [0.5, 0.6) is 0 Å². The fraction of sp³-hybridized carbons (Fsp3) is 1.00. The van der Waals surface area contributed by atoms with Crippen molar-refractivity contribution in [3.8, 4) is 0 Å². The van der Waals surface area contributed by atoms with E-state index in [2.05, 4.69) is 11.9 Å². The lowest BCUT2D eigenvalue weighted by Gasteiger charge is -2.18. The first kappa shape index (κ1) is 28.2. The topological polar surface area (TPSA) is 40.2 Å². The van der Waals surface area contributed by atoms with E-state index in [1.54, 1.807) is 0 Å².